The molecule has 4 nitrogen and oxygen atoms in total. The van der Waals surface area contributed by atoms with Crippen LogP contribution >= 0.6 is 0 Å². The van der Waals surface area contributed by atoms with Crippen molar-refractivity contribution in [1.82, 2.24) is 15.5 Å². The van der Waals surface area contributed by atoms with Crippen LogP contribution in [0.15, 0.2) is 0 Å². The zero-order valence-electron chi connectivity index (χ0n) is 13.1. The molecule has 2 N–H and O–H groups in total. The van der Waals surface area contributed by atoms with Gasteiger partial charge in [-0.05, 0) is 59.3 Å². The van der Waals surface area contributed by atoms with Crippen LogP contribution in [0.2, 0.25) is 0 Å². The summed E-state index contributed by atoms with van der Waals surface area (Å²) in [7, 11) is 0. The van der Waals surface area contributed by atoms with Crippen LogP contribution in [-0.4, -0.2) is 49.6 Å². The molecule has 0 bridgehead atoms. The number of amides is 1. The Labute approximate surface area is 118 Å². The van der Waals surface area contributed by atoms with Gasteiger partial charge in [-0.25, -0.2) is 0 Å². The van der Waals surface area contributed by atoms with Crippen LogP contribution in [0.5, 0.6) is 0 Å². The number of carbonyl (C=O) groups is 1. The number of nitrogens with one attached hydrogen (secondary N) is 2. The Morgan fingerprint density at radius 3 is 2.63 bits per heavy atom. The molecule has 112 valence electrons. The lowest BCUT2D eigenvalue weighted by Crippen LogP contribution is -2.44. The molecule has 0 aromatic carbocycles. The zero-order chi connectivity index (χ0) is 14.3. The van der Waals surface area contributed by atoms with E-state index < -0.39 is 0 Å². The van der Waals surface area contributed by atoms with Crippen LogP contribution in [0, 0.1) is 5.41 Å². The summed E-state index contributed by atoms with van der Waals surface area (Å²) in [5.41, 5.74) is -0.201. The highest BCUT2D eigenvalue weighted by Gasteiger charge is 2.36. The molecule has 0 aromatic rings. The van der Waals surface area contributed by atoms with Crippen molar-refractivity contribution in [1.29, 1.82) is 0 Å². The molecule has 1 saturated heterocycles. The van der Waals surface area contributed by atoms with Crippen LogP contribution in [0.25, 0.3) is 0 Å². The third-order valence-electron chi connectivity index (χ3n) is 4.30. The molecule has 19 heavy (non-hydrogen) atoms. The van der Waals surface area contributed by atoms with Crippen molar-refractivity contribution in [3.05, 3.63) is 0 Å². The van der Waals surface area contributed by atoms with Gasteiger partial charge < -0.3 is 15.5 Å². The van der Waals surface area contributed by atoms with E-state index in [-0.39, 0.29) is 17.4 Å². The van der Waals surface area contributed by atoms with Crippen molar-refractivity contribution in [3.8, 4) is 0 Å². The summed E-state index contributed by atoms with van der Waals surface area (Å²) in [5, 5.41) is 6.45. The van der Waals surface area contributed by atoms with Gasteiger partial charge >= 0.3 is 0 Å². The largest absolute Gasteiger partial charge is 0.353 e. The topological polar surface area (TPSA) is 44.4 Å². The molecule has 2 unspecified atom stereocenters. The van der Waals surface area contributed by atoms with Crippen molar-refractivity contribution >= 4 is 5.91 Å². The first-order valence-electron chi connectivity index (χ1n) is 7.76. The molecule has 4 heteroatoms. The van der Waals surface area contributed by atoms with E-state index in [0.29, 0.717) is 0 Å². The SMILES string of the molecule is CCN(CC)CCCC(C)NC(=O)C1(C)CCNC1. The van der Waals surface area contributed by atoms with Gasteiger partial charge in [-0.1, -0.05) is 13.8 Å². The maximum atomic E-state index is 12.2. The fourth-order valence-electron chi connectivity index (χ4n) is 2.64. The van der Waals surface area contributed by atoms with Crippen LogP contribution in [0.3, 0.4) is 0 Å². The van der Waals surface area contributed by atoms with E-state index in [1.165, 1.54) is 0 Å². The lowest BCUT2D eigenvalue weighted by Gasteiger charge is -2.25. The number of carbonyl (C=O) groups excluding carboxylic acids is 1. The Morgan fingerprint density at radius 1 is 1.42 bits per heavy atom. The predicted octanol–water partition coefficient (Wildman–Crippen LogP) is 1.61. The zero-order valence-corrected chi connectivity index (χ0v) is 13.1. The van der Waals surface area contributed by atoms with Gasteiger partial charge in [-0.15, -0.1) is 0 Å². The first kappa shape index (κ1) is 16.4. The Kier molecular flexibility index (Phi) is 6.80. The second-order valence-corrected chi connectivity index (χ2v) is 6.03. The van der Waals surface area contributed by atoms with Crippen LogP contribution < -0.4 is 10.6 Å². The molecule has 0 aliphatic carbocycles. The maximum Gasteiger partial charge on any atom is 0.227 e. The standard InChI is InChI=1S/C15H31N3O/c1-5-18(6-2)11-7-8-13(3)17-14(19)15(4)9-10-16-12-15/h13,16H,5-12H2,1-4H3,(H,17,19). The van der Waals surface area contributed by atoms with Gasteiger partial charge in [0.2, 0.25) is 5.91 Å². The smallest absolute Gasteiger partial charge is 0.227 e. The third kappa shape index (κ3) is 5.11. The van der Waals surface area contributed by atoms with E-state index in [4.69, 9.17) is 0 Å². The maximum absolute atomic E-state index is 12.2. The first-order valence-corrected chi connectivity index (χ1v) is 7.76. The summed E-state index contributed by atoms with van der Waals surface area (Å²) in [6, 6.07) is 0.278. The summed E-state index contributed by atoms with van der Waals surface area (Å²) in [6.07, 6.45) is 3.16. The molecular weight excluding hydrogens is 238 g/mol. The lowest BCUT2D eigenvalue weighted by atomic mass is 9.88. The van der Waals surface area contributed by atoms with Gasteiger partial charge in [0.25, 0.3) is 0 Å². The Bertz CT molecular complexity index is 271. The highest BCUT2D eigenvalue weighted by molar-refractivity contribution is 5.83. The second-order valence-electron chi connectivity index (χ2n) is 6.03. The Balaban J connectivity index is 2.23. The number of nitrogens with zero attached hydrogens (tertiary/aromatic N) is 1. The third-order valence-corrected chi connectivity index (χ3v) is 4.30. The average Bonchev–Trinajstić information content (AvgIpc) is 2.83. The van der Waals surface area contributed by atoms with E-state index >= 15 is 0 Å². The van der Waals surface area contributed by atoms with Gasteiger partial charge in [0.15, 0.2) is 0 Å². The molecule has 0 radical (unpaired) electrons. The van der Waals surface area contributed by atoms with E-state index in [2.05, 4.69) is 43.2 Å². The van der Waals surface area contributed by atoms with Crippen LogP contribution in [-0.2, 0) is 4.79 Å². The minimum Gasteiger partial charge on any atom is -0.353 e. The molecule has 0 spiro atoms. The number of hydrogen-bond donors (Lipinski definition) is 2. The van der Waals surface area contributed by atoms with Gasteiger partial charge in [0, 0.05) is 12.6 Å². The van der Waals surface area contributed by atoms with Crippen LogP contribution in [0.4, 0.5) is 0 Å². The average molecular weight is 269 g/mol. The summed E-state index contributed by atoms with van der Waals surface area (Å²) in [4.78, 5) is 14.7. The molecule has 0 aromatic heterocycles. The quantitative estimate of drug-likeness (QED) is 0.704. The number of rotatable bonds is 8. The normalized spacial score (nSPS) is 24.7. The van der Waals surface area contributed by atoms with E-state index in [1.54, 1.807) is 0 Å². The van der Waals surface area contributed by atoms with E-state index in [0.717, 1.165) is 52.0 Å². The van der Waals surface area contributed by atoms with Crippen molar-refractivity contribution in [2.24, 2.45) is 5.41 Å². The highest BCUT2D eigenvalue weighted by atomic mass is 16.2. The van der Waals surface area contributed by atoms with Crippen LogP contribution in [0.1, 0.15) is 47.0 Å². The fourth-order valence-corrected chi connectivity index (χ4v) is 2.64. The van der Waals surface area contributed by atoms with Gasteiger partial charge in [0.1, 0.15) is 0 Å². The van der Waals surface area contributed by atoms with Crippen molar-refractivity contribution in [3.63, 3.8) is 0 Å². The molecule has 1 heterocycles. The number of hydrogen-bond acceptors (Lipinski definition) is 3. The summed E-state index contributed by atoms with van der Waals surface area (Å²) >= 11 is 0. The Morgan fingerprint density at radius 2 is 2.11 bits per heavy atom. The summed E-state index contributed by atoms with van der Waals surface area (Å²) < 4.78 is 0. The van der Waals surface area contributed by atoms with Gasteiger partial charge in [-0.2, -0.15) is 0 Å². The molecule has 0 saturated carbocycles. The molecule has 1 aliphatic heterocycles. The first-order chi connectivity index (χ1) is 9.01. The summed E-state index contributed by atoms with van der Waals surface area (Å²) in [6.45, 7) is 13.7. The van der Waals surface area contributed by atoms with Gasteiger partial charge in [0.05, 0.1) is 5.41 Å². The molecule has 1 rings (SSSR count). The van der Waals surface area contributed by atoms with E-state index in [9.17, 15) is 4.79 Å². The lowest BCUT2D eigenvalue weighted by molar-refractivity contribution is -0.129. The van der Waals surface area contributed by atoms with Gasteiger partial charge in [-0.3, -0.25) is 4.79 Å². The molecule has 1 fully saturated rings. The summed E-state index contributed by atoms with van der Waals surface area (Å²) in [5.74, 6) is 0.216. The van der Waals surface area contributed by atoms with Crippen molar-refractivity contribution in [2.45, 2.75) is 53.0 Å². The second kappa shape index (κ2) is 7.85. The minimum atomic E-state index is -0.201. The van der Waals surface area contributed by atoms with Crippen molar-refractivity contribution in [2.75, 3.05) is 32.7 Å². The molecule has 1 aliphatic rings. The van der Waals surface area contributed by atoms with E-state index in [1.807, 2.05) is 0 Å². The molecule has 1 amide bonds. The molecule has 2 atom stereocenters. The minimum absolute atomic E-state index is 0.201. The fraction of sp³-hybridized carbons (Fsp3) is 0.933. The monoisotopic (exact) mass is 269 g/mol. The van der Waals surface area contributed by atoms with Crippen molar-refractivity contribution < 1.29 is 4.79 Å². The Hall–Kier alpha value is -0.610. The highest BCUT2D eigenvalue weighted by Crippen LogP contribution is 2.24. The predicted molar refractivity (Wildman–Crippen MR) is 80.2 cm³/mol. The molecular formula is C15H31N3O.